The molecule has 0 amide bonds. The Morgan fingerprint density at radius 1 is 0.922 bits per heavy atom. The first-order chi connectivity index (χ1) is 24.3. The molecule has 0 aromatic heterocycles. The van der Waals surface area contributed by atoms with Gasteiger partial charge in [-0.25, -0.2) is 4.39 Å². The summed E-state index contributed by atoms with van der Waals surface area (Å²) in [6, 6.07) is 18.2. The van der Waals surface area contributed by atoms with Crippen LogP contribution in [-0.4, -0.2) is 23.7 Å². The Hall–Kier alpha value is -3.59. The lowest BCUT2D eigenvalue weighted by Gasteiger charge is -2.44. The van der Waals surface area contributed by atoms with Crippen molar-refractivity contribution in [2.24, 2.45) is 16.7 Å². The first-order valence-corrected chi connectivity index (χ1v) is 19.8. The van der Waals surface area contributed by atoms with Crippen molar-refractivity contribution in [1.29, 1.82) is 0 Å². The van der Waals surface area contributed by atoms with Crippen LogP contribution in [0.4, 0.5) is 4.39 Å². The number of halogens is 1. The molecule has 0 spiro atoms. The Balaban J connectivity index is 0.00000286. The fourth-order valence-corrected chi connectivity index (χ4v) is 8.74. The molecule has 2 aromatic carbocycles. The molecule has 2 saturated carbocycles. The summed E-state index contributed by atoms with van der Waals surface area (Å²) in [6.07, 6.45) is 15.4. The van der Waals surface area contributed by atoms with E-state index in [4.69, 9.17) is 0 Å². The van der Waals surface area contributed by atoms with Gasteiger partial charge in [-0.3, -0.25) is 0 Å². The highest BCUT2D eigenvalue weighted by Gasteiger charge is 2.46. The fraction of sp³-hybridized carbons (Fsp3) is 0.500. The summed E-state index contributed by atoms with van der Waals surface area (Å²) in [4.78, 5) is 2.43. The van der Waals surface area contributed by atoms with E-state index in [1.807, 2.05) is 19.9 Å². The second-order valence-electron chi connectivity index (χ2n) is 15.9. The van der Waals surface area contributed by atoms with Gasteiger partial charge in [-0.15, -0.1) is 0 Å². The first kappa shape index (κ1) is 40.2. The minimum Gasteiger partial charge on any atom is -0.381 e. The lowest BCUT2D eigenvalue weighted by Crippen LogP contribution is -2.35. The molecular weight excluding hydrogens is 624 g/mol. The van der Waals surface area contributed by atoms with Crippen LogP contribution in [0.5, 0.6) is 0 Å². The molecule has 1 saturated heterocycles. The maximum atomic E-state index is 14.7. The molecule has 0 bridgehead atoms. The number of aryl methyl sites for hydroxylation is 1. The van der Waals surface area contributed by atoms with Crippen molar-refractivity contribution in [1.82, 2.24) is 10.2 Å². The van der Waals surface area contributed by atoms with Crippen molar-refractivity contribution in [3.8, 4) is 0 Å². The average Bonchev–Trinajstić information content (AvgIpc) is 3.43. The van der Waals surface area contributed by atoms with Crippen molar-refractivity contribution in [2.75, 3.05) is 13.1 Å². The summed E-state index contributed by atoms with van der Waals surface area (Å²) in [7, 11) is 0. The molecule has 1 heterocycles. The number of nitrogens with one attached hydrogen (secondary N) is 1. The summed E-state index contributed by atoms with van der Waals surface area (Å²) in [5.41, 5.74) is 11.9. The van der Waals surface area contributed by atoms with Crippen molar-refractivity contribution in [2.45, 2.75) is 125 Å². The highest BCUT2D eigenvalue weighted by molar-refractivity contribution is 5.83. The molecule has 51 heavy (non-hydrogen) atoms. The number of likely N-dealkylation sites (tertiary alicyclic amines) is 1. The van der Waals surface area contributed by atoms with E-state index in [9.17, 15) is 4.39 Å². The molecule has 1 N–H and O–H groups in total. The van der Waals surface area contributed by atoms with Gasteiger partial charge >= 0.3 is 0 Å². The van der Waals surface area contributed by atoms with Crippen LogP contribution in [0.1, 0.15) is 129 Å². The van der Waals surface area contributed by atoms with E-state index in [-0.39, 0.29) is 5.41 Å². The molecule has 2 nitrogen and oxygen atoms in total. The van der Waals surface area contributed by atoms with Crippen LogP contribution in [0.15, 0.2) is 115 Å². The largest absolute Gasteiger partial charge is 0.381 e. The van der Waals surface area contributed by atoms with Gasteiger partial charge in [0.2, 0.25) is 0 Å². The number of allylic oxidation sites excluding steroid dienone is 5. The van der Waals surface area contributed by atoms with E-state index < -0.39 is 5.67 Å². The third-order valence-electron chi connectivity index (χ3n) is 12.4. The minimum atomic E-state index is -1.06. The van der Waals surface area contributed by atoms with Gasteiger partial charge in [0, 0.05) is 31.0 Å². The number of nitrogens with zero attached hydrogens (tertiary/aromatic N) is 1. The Bertz CT molecular complexity index is 1590. The maximum Gasteiger partial charge on any atom is 0.109 e. The van der Waals surface area contributed by atoms with Crippen molar-refractivity contribution in [3.05, 3.63) is 137 Å². The minimum absolute atomic E-state index is 0.0805. The standard InChI is InChI=1S/C46H61FN2.C2H6/c1-10-37(28-42(11-2)49-26-22-38(23-27-49)34(6)44(8)24-25-45(9,47)32-44)35(7)48-31-36-16-20-40(21-17-36)43(39-18-14-33(5)15-19-39)41-29-46(12-3,13-4)30-41;1-2/h10-11,14-21,28,38,48H,2,6-7,12-13,22-27,29-32H2,1,3-5,8-9H3;1-2H3/b37-10+,42-28+;. The highest BCUT2D eigenvalue weighted by atomic mass is 19.1. The molecule has 3 aliphatic rings. The van der Waals surface area contributed by atoms with Gasteiger partial charge in [0.25, 0.3) is 0 Å². The number of hydrogen-bond donors (Lipinski definition) is 1. The van der Waals surface area contributed by atoms with Crippen LogP contribution in [0.2, 0.25) is 0 Å². The van der Waals surface area contributed by atoms with Crippen LogP contribution in [0, 0.1) is 23.7 Å². The maximum absolute atomic E-state index is 14.7. The Morgan fingerprint density at radius 3 is 1.98 bits per heavy atom. The van der Waals surface area contributed by atoms with E-state index in [0.717, 1.165) is 49.3 Å². The van der Waals surface area contributed by atoms with Gasteiger partial charge in [-0.1, -0.05) is 126 Å². The monoisotopic (exact) mass is 691 g/mol. The predicted molar refractivity (Wildman–Crippen MR) is 220 cm³/mol. The second kappa shape index (κ2) is 17.3. The van der Waals surface area contributed by atoms with Crippen LogP contribution < -0.4 is 5.32 Å². The molecule has 5 rings (SSSR count). The third kappa shape index (κ3) is 9.45. The van der Waals surface area contributed by atoms with Crippen LogP contribution in [-0.2, 0) is 6.54 Å². The van der Waals surface area contributed by atoms with Gasteiger partial charge in [0.05, 0.1) is 0 Å². The van der Waals surface area contributed by atoms with Gasteiger partial charge in [0.15, 0.2) is 0 Å². The molecule has 2 atom stereocenters. The Labute approximate surface area is 311 Å². The molecule has 2 aromatic rings. The zero-order valence-corrected chi connectivity index (χ0v) is 33.4. The van der Waals surface area contributed by atoms with Crippen LogP contribution in [0.25, 0.3) is 5.57 Å². The predicted octanol–water partition coefficient (Wildman–Crippen LogP) is 13.2. The summed E-state index contributed by atoms with van der Waals surface area (Å²) in [5.74, 6) is 0.449. The number of hydrogen-bond acceptors (Lipinski definition) is 2. The smallest absolute Gasteiger partial charge is 0.109 e. The van der Waals surface area contributed by atoms with E-state index >= 15 is 0 Å². The summed E-state index contributed by atoms with van der Waals surface area (Å²) in [6.45, 7) is 32.6. The molecule has 2 unspecified atom stereocenters. The Morgan fingerprint density at radius 2 is 1.49 bits per heavy atom. The van der Waals surface area contributed by atoms with E-state index in [1.165, 1.54) is 59.1 Å². The van der Waals surface area contributed by atoms with Crippen molar-refractivity contribution in [3.63, 3.8) is 0 Å². The Kier molecular flexibility index (Phi) is 13.6. The molecule has 1 aliphatic heterocycles. The van der Waals surface area contributed by atoms with Crippen molar-refractivity contribution >= 4 is 5.57 Å². The first-order valence-electron chi connectivity index (χ1n) is 19.8. The normalized spacial score (nSPS) is 23.5. The lowest BCUT2D eigenvalue weighted by atomic mass is 9.60. The molecule has 3 heteroatoms. The van der Waals surface area contributed by atoms with Crippen molar-refractivity contribution < 1.29 is 4.39 Å². The molecule has 0 radical (unpaired) electrons. The van der Waals surface area contributed by atoms with Gasteiger partial charge in [-0.2, -0.15) is 0 Å². The van der Waals surface area contributed by atoms with E-state index in [2.05, 4.69) is 125 Å². The summed E-state index contributed by atoms with van der Waals surface area (Å²) in [5, 5.41) is 3.59. The summed E-state index contributed by atoms with van der Waals surface area (Å²) < 4.78 is 14.7. The van der Waals surface area contributed by atoms with Gasteiger partial charge in [0.1, 0.15) is 5.67 Å². The average molecular weight is 691 g/mol. The number of rotatable bonds is 13. The number of piperidine rings is 1. The van der Waals surface area contributed by atoms with Gasteiger partial charge < -0.3 is 10.2 Å². The van der Waals surface area contributed by atoms with Crippen LogP contribution >= 0.6 is 0 Å². The fourth-order valence-electron chi connectivity index (χ4n) is 8.74. The molecule has 276 valence electrons. The highest BCUT2D eigenvalue weighted by Crippen LogP contribution is 2.54. The lowest BCUT2D eigenvalue weighted by molar-refractivity contribution is 0.172. The summed E-state index contributed by atoms with van der Waals surface area (Å²) >= 11 is 0. The zero-order valence-electron chi connectivity index (χ0n) is 33.4. The topological polar surface area (TPSA) is 15.3 Å². The molecular formula is C48H67FN2. The quantitative estimate of drug-likeness (QED) is 0.166. The zero-order chi connectivity index (χ0) is 37.4. The third-order valence-corrected chi connectivity index (χ3v) is 12.4. The van der Waals surface area contributed by atoms with Gasteiger partial charge in [-0.05, 0) is 135 Å². The second-order valence-corrected chi connectivity index (χ2v) is 15.9. The van der Waals surface area contributed by atoms with E-state index in [1.54, 1.807) is 12.5 Å². The molecule has 3 fully saturated rings. The SMILES string of the molecule is C=C/C(=C\C(=C/C)C(=C)NCc1ccc(C(=C2CC(CC)(CC)C2)c2ccc(C)cc2)cc1)N1CCC(C(=C)C2(C)CCC(C)(F)C2)CC1.CC. The number of alkyl halides is 1. The van der Waals surface area contributed by atoms with Crippen LogP contribution in [0.3, 0.4) is 0 Å². The van der Waals surface area contributed by atoms with E-state index in [0.29, 0.717) is 30.7 Å². The molecule has 2 aliphatic carbocycles. The number of benzene rings is 2.